The van der Waals surface area contributed by atoms with E-state index in [0.29, 0.717) is 26.3 Å². The molecule has 2 heterocycles. The number of benzene rings is 3. The van der Waals surface area contributed by atoms with Crippen molar-refractivity contribution in [2.45, 2.75) is 24.9 Å². The zero-order chi connectivity index (χ0) is 23.2. The molecule has 0 radical (unpaired) electrons. The van der Waals surface area contributed by atoms with Gasteiger partial charge in [0.1, 0.15) is 18.7 Å². The molecule has 0 spiro atoms. The summed E-state index contributed by atoms with van der Waals surface area (Å²) in [4.78, 5) is 16.1. The minimum atomic E-state index is -0.105. The van der Waals surface area contributed by atoms with Crippen LogP contribution in [0.3, 0.4) is 0 Å². The first-order chi connectivity index (χ1) is 16.8. The molecule has 1 N–H and O–H groups in total. The lowest BCUT2D eigenvalue weighted by molar-refractivity contribution is -0.126. The summed E-state index contributed by atoms with van der Waals surface area (Å²) in [6, 6.07) is 26.5. The van der Waals surface area contributed by atoms with Gasteiger partial charge in [-0.2, -0.15) is 0 Å². The molecule has 5 nitrogen and oxygen atoms in total. The first-order valence-electron chi connectivity index (χ1n) is 11.7. The van der Waals surface area contributed by atoms with E-state index in [9.17, 15) is 4.79 Å². The van der Waals surface area contributed by atoms with Crippen LogP contribution in [-0.4, -0.2) is 36.1 Å². The van der Waals surface area contributed by atoms with Gasteiger partial charge in [-0.1, -0.05) is 78.5 Å². The number of fused-ring (bicyclic) bond motifs is 1. The van der Waals surface area contributed by atoms with Crippen molar-refractivity contribution in [1.29, 1.82) is 0 Å². The van der Waals surface area contributed by atoms with Crippen LogP contribution in [0.25, 0.3) is 6.08 Å². The van der Waals surface area contributed by atoms with Crippen molar-refractivity contribution in [3.8, 4) is 11.5 Å². The number of rotatable bonds is 8. The van der Waals surface area contributed by atoms with Crippen molar-refractivity contribution in [1.82, 2.24) is 10.2 Å². The molecule has 34 heavy (non-hydrogen) atoms. The number of thioether (sulfide) groups is 1. The van der Waals surface area contributed by atoms with E-state index in [1.54, 1.807) is 11.8 Å². The molecule has 2 aliphatic heterocycles. The Morgan fingerprint density at radius 2 is 1.62 bits per heavy atom. The maximum atomic E-state index is 13.4. The molecule has 1 amide bonds. The highest BCUT2D eigenvalue weighted by atomic mass is 32.2. The number of nitrogens with zero attached hydrogens (tertiary/aromatic N) is 1. The van der Waals surface area contributed by atoms with Crippen LogP contribution in [0.1, 0.15) is 23.1 Å². The summed E-state index contributed by atoms with van der Waals surface area (Å²) in [6.07, 6.45) is 3.82. The second kappa shape index (κ2) is 10.8. The van der Waals surface area contributed by atoms with Gasteiger partial charge < -0.3 is 14.4 Å². The van der Waals surface area contributed by atoms with Gasteiger partial charge in [-0.25, -0.2) is 0 Å². The Morgan fingerprint density at radius 1 is 0.912 bits per heavy atom. The molecule has 0 saturated carbocycles. The molecule has 2 aliphatic rings. The third-order valence-corrected chi connectivity index (χ3v) is 7.08. The summed E-state index contributed by atoms with van der Waals surface area (Å²) in [5, 5.41) is 3.58. The van der Waals surface area contributed by atoms with E-state index in [-0.39, 0.29) is 11.4 Å². The van der Waals surface area contributed by atoms with Gasteiger partial charge in [-0.15, -0.1) is 0 Å². The molecule has 6 heteroatoms. The molecule has 1 unspecified atom stereocenters. The zero-order valence-corrected chi connectivity index (χ0v) is 19.8. The number of aryl methyl sites for hydroxylation is 1. The van der Waals surface area contributed by atoms with E-state index in [1.807, 2.05) is 53.4 Å². The van der Waals surface area contributed by atoms with Crippen LogP contribution in [0.2, 0.25) is 0 Å². The number of carbonyl (C=O) groups excluding carboxylic acids is 1. The largest absolute Gasteiger partial charge is 0.486 e. The van der Waals surface area contributed by atoms with Crippen molar-refractivity contribution < 1.29 is 14.3 Å². The minimum Gasteiger partial charge on any atom is -0.486 e. The van der Waals surface area contributed by atoms with Gasteiger partial charge in [0.15, 0.2) is 11.5 Å². The second-order valence-electron chi connectivity index (χ2n) is 8.34. The third-order valence-electron chi connectivity index (χ3n) is 5.89. The monoisotopic (exact) mass is 472 g/mol. The highest BCUT2D eigenvalue weighted by molar-refractivity contribution is 8.05. The lowest BCUT2D eigenvalue weighted by Crippen LogP contribution is -2.42. The van der Waals surface area contributed by atoms with Gasteiger partial charge in [0.25, 0.3) is 5.91 Å². The summed E-state index contributed by atoms with van der Waals surface area (Å²) >= 11 is 1.58. The van der Waals surface area contributed by atoms with E-state index in [0.717, 1.165) is 34.8 Å². The van der Waals surface area contributed by atoms with Gasteiger partial charge in [0.2, 0.25) is 0 Å². The number of nitrogens with one attached hydrogen (secondary N) is 1. The maximum absolute atomic E-state index is 13.4. The molecule has 1 fully saturated rings. The lowest BCUT2D eigenvalue weighted by atomic mass is 10.1. The Balaban J connectivity index is 1.31. The van der Waals surface area contributed by atoms with Crippen molar-refractivity contribution >= 4 is 23.7 Å². The smallest absolute Gasteiger partial charge is 0.262 e. The van der Waals surface area contributed by atoms with Crippen molar-refractivity contribution in [3.05, 3.63) is 100 Å². The normalized spacial score (nSPS) is 18.5. The molecule has 5 rings (SSSR count). The Hall–Kier alpha value is -3.22. The summed E-state index contributed by atoms with van der Waals surface area (Å²) in [6.45, 7) is 2.51. The summed E-state index contributed by atoms with van der Waals surface area (Å²) in [7, 11) is 0. The predicted molar refractivity (Wildman–Crippen MR) is 137 cm³/mol. The summed E-state index contributed by atoms with van der Waals surface area (Å²) in [5.74, 6) is 1.55. The maximum Gasteiger partial charge on any atom is 0.262 e. The van der Waals surface area contributed by atoms with Crippen LogP contribution in [0.5, 0.6) is 11.5 Å². The van der Waals surface area contributed by atoms with E-state index in [4.69, 9.17) is 9.47 Å². The van der Waals surface area contributed by atoms with E-state index in [1.165, 1.54) is 11.1 Å². The lowest BCUT2D eigenvalue weighted by Gasteiger charge is -2.24. The SMILES string of the molecule is O=C1/C(=C/c2ccc3c(c2)OCCO3)SC(NCc2ccccc2)N1CCCc1ccccc1. The van der Waals surface area contributed by atoms with Crippen LogP contribution in [0.15, 0.2) is 83.8 Å². The Morgan fingerprint density at radius 3 is 2.38 bits per heavy atom. The number of amides is 1. The van der Waals surface area contributed by atoms with Gasteiger partial charge in [0.05, 0.1) is 4.91 Å². The molecule has 3 aromatic rings. The highest BCUT2D eigenvalue weighted by Gasteiger charge is 2.35. The molecule has 0 aromatic heterocycles. The summed E-state index contributed by atoms with van der Waals surface area (Å²) in [5.41, 5.74) is 3.33. The third kappa shape index (κ3) is 5.46. The van der Waals surface area contributed by atoms with E-state index in [2.05, 4.69) is 41.7 Å². The summed E-state index contributed by atoms with van der Waals surface area (Å²) < 4.78 is 11.3. The topological polar surface area (TPSA) is 50.8 Å². The molecular weight excluding hydrogens is 444 g/mol. The Labute approximate surface area is 204 Å². The van der Waals surface area contributed by atoms with Crippen LogP contribution >= 0.6 is 11.8 Å². The van der Waals surface area contributed by atoms with Gasteiger partial charge in [-0.3, -0.25) is 10.1 Å². The average molecular weight is 473 g/mol. The number of ether oxygens (including phenoxy) is 2. The second-order valence-corrected chi connectivity index (χ2v) is 9.46. The fourth-order valence-corrected chi connectivity index (χ4v) is 5.31. The standard InChI is InChI=1S/C28H28N2O3S/c31-27-26(19-23-13-14-24-25(18-23)33-17-16-32-24)34-28(29-20-22-10-5-2-6-11-22)30(27)15-7-12-21-8-3-1-4-9-21/h1-6,8-11,13-14,18-19,28-29H,7,12,15-17,20H2/b26-19-. The molecule has 1 saturated heterocycles. The van der Waals surface area contributed by atoms with Gasteiger partial charge in [-0.05, 0) is 47.7 Å². The first-order valence-corrected chi connectivity index (χ1v) is 12.5. The predicted octanol–water partition coefficient (Wildman–Crippen LogP) is 5.08. The Kier molecular flexibility index (Phi) is 7.17. The van der Waals surface area contributed by atoms with E-state index < -0.39 is 0 Å². The van der Waals surface area contributed by atoms with Crippen LogP contribution < -0.4 is 14.8 Å². The molecule has 0 bridgehead atoms. The van der Waals surface area contributed by atoms with Crippen LogP contribution in [-0.2, 0) is 17.8 Å². The molecule has 1 atom stereocenters. The van der Waals surface area contributed by atoms with Crippen molar-refractivity contribution in [2.24, 2.45) is 0 Å². The zero-order valence-electron chi connectivity index (χ0n) is 19.0. The first kappa shape index (κ1) is 22.6. The highest BCUT2D eigenvalue weighted by Crippen LogP contribution is 2.37. The number of hydrogen-bond donors (Lipinski definition) is 1. The number of hydrogen-bond acceptors (Lipinski definition) is 5. The fourth-order valence-electron chi connectivity index (χ4n) is 4.15. The Bertz CT molecular complexity index is 1150. The molecular formula is C28H28N2O3S. The molecule has 3 aromatic carbocycles. The molecule has 174 valence electrons. The van der Waals surface area contributed by atoms with Crippen LogP contribution in [0, 0.1) is 0 Å². The van der Waals surface area contributed by atoms with Crippen molar-refractivity contribution in [3.63, 3.8) is 0 Å². The average Bonchev–Trinajstić information content (AvgIpc) is 3.18. The number of carbonyl (C=O) groups is 1. The van der Waals surface area contributed by atoms with Gasteiger partial charge >= 0.3 is 0 Å². The fraction of sp³-hybridized carbons (Fsp3) is 0.250. The van der Waals surface area contributed by atoms with Gasteiger partial charge in [0, 0.05) is 13.1 Å². The van der Waals surface area contributed by atoms with Crippen LogP contribution in [0.4, 0.5) is 0 Å². The molecule has 0 aliphatic carbocycles. The minimum absolute atomic E-state index is 0.0681. The van der Waals surface area contributed by atoms with Crippen molar-refractivity contribution in [2.75, 3.05) is 19.8 Å². The quantitative estimate of drug-likeness (QED) is 0.464. The van der Waals surface area contributed by atoms with E-state index >= 15 is 0 Å².